The summed E-state index contributed by atoms with van der Waals surface area (Å²) in [4.78, 5) is 0. The first-order valence-electron chi connectivity index (χ1n) is 18.7. The van der Waals surface area contributed by atoms with Crippen LogP contribution in [0.2, 0.25) is 0 Å². The van der Waals surface area contributed by atoms with Gasteiger partial charge in [0.1, 0.15) is 0 Å². The van der Waals surface area contributed by atoms with Crippen LogP contribution in [-0.2, 0) is 0 Å². The highest BCUT2D eigenvalue weighted by atomic mass is 14.2. The zero-order valence-corrected chi connectivity index (χ0v) is 29.6. The molecule has 0 saturated carbocycles. The molecule has 0 aromatic heterocycles. The fourth-order valence-corrected chi connectivity index (χ4v) is 8.78. The zero-order chi connectivity index (χ0) is 35.6. The van der Waals surface area contributed by atoms with Gasteiger partial charge in [0.2, 0.25) is 0 Å². The van der Waals surface area contributed by atoms with Crippen LogP contribution in [0.25, 0.3) is 109 Å². The number of benzene rings is 11. The van der Waals surface area contributed by atoms with Gasteiger partial charge in [-0.3, -0.25) is 0 Å². The molecule has 0 saturated heterocycles. The first-order chi connectivity index (χ1) is 26.8. The van der Waals surface area contributed by atoms with Gasteiger partial charge in [-0.1, -0.05) is 182 Å². The Morgan fingerprint density at radius 3 is 0.759 bits per heavy atom. The molecule has 11 aromatic rings. The number of hydrogen-bond acceptors (Lipinski definition) is 0. The van der Waals surface area contributed by atoms with Crippen molar-refractivity contribution in [1.29, 1.82) is 0 Å². The molecule has 54 heavy (non-hydrogen) atoms. The Labute approximate surface area is 314 Å². The van der Waals surface area contributed by atoms with Crippen LogP contribution in [0, 0.1) is 0 Å². The minimum atomic E-state index is 1.23. The van der Waals surface area contributed by atoms with E-state index in [-0.39, 0.29) is 0 Å². The van der Waals surface area contributed by atoms with Gasteiger partial charge in [0, 0.05) is 0 Å². The van der Waals surface area contributed by atoms with Gasteiger partial charge in [-0.2, -0.15) is 0 Å². The molecular formula is C54H34. The van der Waals surface area contributed by atoms with E-state index in [1.165, 1.54) is 109 Å². The minimum Gasteiger partial charge on any atom is -0.0622 e. The van der Waals surface area contributed by atoms with Crippen LogP contribution < -0.4 is 0 Å². The molecule has 250 valence electrons. The van der Waals surface area contributed by atoms with E-state index < -0.39 is 0 Å². The van der Waals surface area contributed by atoms with Crippen molar-refractivity contribution in [2.45, 2.75) is 0 Å². The molecule has 11 aromatic carbocycles. The van der Waals surface area contributed by atoms with Crippen molar-refractivity contribution in [1.82, 2.24) is 0 Å². The SMILES string of the molecule is c1ccc(-c2ccc3ccc4ccc(-c5c6ccccc6c(-c6ccc7ccc8ccc(-c9ccccc9)cc8c7c6)c6ccccc56)cc4c3c2)cc1. The molecule has 0 aliphatic heterocycles. The van der Waals surface area contributed by atoms with Crippen LogP contribution in [0.1, 0.15) is 0 Å². The maximum absolute atomic E-state index is 2.42. The Balaban J connectivity index is 1.15. The lowest BCUT2D eigenvalue weighted by Crippen LogP contribution is -1.91. The van der Waals surface area contributed by atoms with Gasteiger partial charge in [-0.05, 0) is 133 Å². The molecule has 0 nitrogen and oxygen atoms in total. The van der Waals surface area contributed by atoms with Crippen LogP contribution in [-0.4, -0.2) is 0 Å². The second-order valence-corrected chi connectivity index (χ2v) is 14.4. The van der Waals surface area contributed by atoms with Gasteiger partial charge < -0.3 is 0 Å². The molecule has 0 aliphatic rings. The van der Waals surface area contributed by atoms with Gasteiger partial charge in [-0.15, -0.1) is 0 Å². The number of hydrogen-bond donors (Lipinski definition) is 0. The molecule has 0 heteroatoms. The van der Waals surface area contributed by atoms with Crippen molar-refractivity contribution in [2.24, 2.45) is 0 Å². The maximum Gasteiger partial charge on any atom is -0.00261 e. The minimum absolute atomic E-state index is 1.23. The third kappa shape index (κ3) is 4.92. The fraction of sp³-hybridized carbons (Fsp3) is 0. The van der Waals surface area contributed by atoms with Gasteiger partial charge in [-0.25, -0.2) is 0 Å². The van der Waals surface area contributed by atoms with Crippen LogP contribution in [0.15, 0.2) is 206 Å². The third-order valence-electron chi connectivity index (χ3n) is 11.4. The van der Waals surface area contributed by atoms with Gasteiger partial charge >= 0.3 is 0 Å². The predicted molar refractivity (Wildman–Crippen MR) is 233 cm³/mol. The van der Waals surface area contributed by atoms with Crippen molar-refractivity contribution in [2.75, 3.05) is 0 Å². The van der Waals surface area contributed by atoms with Crippen LogP contribution in [0.4, 0.5) is 0 Å². The first kappa shape index (κ1) is 30.6. The summed E-state index contributed by atoms with van der Waals surface area (Å²) in [6.07, 6.45) is 0. The summed E-state index contributed by atoms with van der Waals surface area (Å²) in [7, 11) is 0. The van der Waals surface area contributed by atoms with E-state index in [9.17, 15) is 0 Å². The fourth-order valence-electron chi connectivity index (χ4n) is 8.78. The van der Waals surface area contributed by atoms with Crippen LogP contribution in [0.5, 0.6) is 0 Å². The van der Waals surface area contributed by atoms with E-state index in [4.69, 9.17) is 0 Å². The Bertz CT molecular complexity index is 2970. The number of rotatable bonds is 4. The summed E-state index contributed by atoms with van der Waals surface area (Å²) < 4.78 is 0. The van der Waals surface area contributed by atoms with Crippen molar-refractivity contribution < 1.29 is 0 Å². The Morgan fingerprint density at radius 1 is 0.167 bits per heavy atom. The van der Waals surface area contributed by atoms with Crippen molar-refractivity contribution in [3.63, 3.8) is 0 Å². The van der Waals surface area contributed by atoms with Gasteiger partial charge in [0.15, 0.2) is 0 Å². The molecule has 0 spiro atoms. The summed E-state index contributed by atoms with van der Waals surface area (Å²) in [6, 6.07) is 76.2. The lowest BCUT2D eigenvalue weighted by Gasteiger charge is -2.19. The van der Waals surface area contributed by atoms with Crippen molar-refractivity contribution >= 4 is 64.6 Å². The molecule has 0 radical (unpaired) electrons. The molecular weight excluding hydrogens is 649 g/mol. The summed E-state index contributed by atoms with van der Waals surface area (Å²) in [5.74, 6) is 0. The average Bonchev–Trinajstić information content (AvgIpc) is 3.25. The highest BCUT2D eigenvalue weighted by Crippen LogP contribution is 2.45. The second kappa shape index (κ2) is 12.3. The molecule has 0 fully saturated rings. The predicted octanol–water partition coefficient (Wildman–Crippen LogP) is 15.3. The monoisotopic (exact) mass is 682 g/mol. The maximum atomic E-state index is 2.42. The second-order valence-electron chi connectivity index (χ2n) is 14.4. The van der Waals surface area contributed by atoms with Gasteiger partial charge in [0.25, 0.3) is 0 Å². The molecule has 0 aliphatic carbocycles. The average molecular weight is 683 g/mol. The van der Waals surface area contributed by atoms with Crippen LogP contribution in [0.3, 0.4) is 0 Å². The largest absolute Gasteiger partial charge is 0.0622 e. The van der Waals surface area contributed by atoms with Gasteiger partial charge in [0.05, 0.1) is 0 Å². The summed E-state index contributed by atoms with van der Waals surface area (Å²) in [6.45, 7) is 0. The number of fused-ring (bicyclic) bond motifs is 8. The molecule has 0 N–H and O–H groups in total. The summed E-state index contributed by atoms with van der Waals surface area (Å²) >= 11 is 0. The highest BCUT2D eigenvalue weighted by Gasteiger charge is 2.18. The lowest BCUT2D eigenvalue weighted by atomic mass is 9.84. The van der Waals surface area contributed by atoms with E-state index in [0.29, 0.717) is 0 Å². The Morgan fingerprint density at radius 2 is 0.426 bits per heavy atom. The normalized spacial score (nSPS) is 11.7. The molecule has 0 atom stereocenters. The highest BCUT2D eigenvalue weighted by molar-refractivity contribution is 6.23. The zero-order valence-electron chi connectivity index (χ0n) is 29.6. The van der Waals surface area contributed by atoms with E-state index >= 15 is 0 Å². The van der Waals surface area contributed by atoms with E-state index in [1.54, 1.807) is 0 Å². The molecule has 0 heterocycles. The molecule has 11 rings (SSSR count). The quantitative estimate of drug-likeness (QED) is 0.128. The summed E-state index contributed by atoms with van der Waals surface area (Å²) in [5.41, 5.74) is 9.97. The standard InChI is InChI=1S/C54H34/c1-3-11-35(12-4-1)41-27-23-37-19-21-39-25-29-43(33-51(39)49(37)31-41)53-45-15-7-9-17-47(45)54(48-18-10-8-16-46(48)53)44-30-26-40-22-20-38-24-28-42(32-50(38)52(40)34-44)36-13-5-2-6-14-36/h1-34H. The smallest absolute Gasteiger partial charge is 0.00261 e. The topological polar surface area (TPSA) is 0 Å². The van der Waals surface area contributed by atoms with Crippen molar-refractivity contribution in [3.05, 3.63) is 206 Å². The van der Waals surface area contributed by atoms with E-state index in [1.807, 2.05) is 0 Å². The van der Waals surface area contributed by atoms with Crippen LogP contribution >= 0.6 is 0 Å². The molecule has 0 amide bonds. The Hall–Kier alpha value is -7.02. The first-order valence-corrected chi connectivity index (χ1v) is 18.7. The lowest BCUT2D eigenvalue weighted by molar-refractivity contribution is 1.65. The summed E-state index contributed by atoms with van der Waals surface area (Å²) in [5, 5.41) is 15.2. The third-order valence-corrected chi connectivity index (χ3v) is 11.4. The van der Waals surface area contributed by atoms with E-state index in [2.05, 4.69) is 206 Å². The Kier molecular flexibility index (Phi) is 6.97. The van der Waals surface area contributed by atoms with E-state index in [0.717, 1.165) is 0 Å². The van der Waals surface area contributed by atoms with Crippen molar-refractivity contribution in [3.8, 4) is 44.5 Å². The molecule has 0 unspecified atom stereocenters. The molecule has 0 bridgehead atoms.